The van der Waals surface area contributed by atoms with Crippen molar-refractivity contribution in [3.8, 4) is 11.5 Å². The lowest BCUT2D eigenvalue weighted by atomic mass is 10.1. The van der Waals surface area contributed by atoms with Gasteiger partial charge in [-0.2, -0.15) is 0 Å². The molecule has 0 saturated carbocycles. The van der Waals surface area contributed by atoms with Crippen molar-refractivity contribution in [1.82, 2.24) is 0 Å². The van der Waals surface area contributed by atoms with Gasteiger partial charge in [0.25, 0.3) is 0 Å². The first kappa shape index (κ1) is 13.6. The van der Waals surface area contributed by atoms with E-state index in [4.69, 9.17) is 27.0 Å². The van der Waals surface area contributed by atoms with E-state index in [1.807, 2.05) is 0 Å². The van der Waals surface area contributed by atoms with Gasteiger partial charge in [0.15, 0.2) is 11.5 Å². The lowest BCUT2D eigenvalue weighted by molar-refractivity contribution is 0.140. The molecule has 0 aromatic heterocycles. The third-order valence-corrected chi connectivity index (χ3v) is 3.04. The van der Waals surface area contributed by atoms with Crippen LogP contribution in [0.3, 0.4) is 0 Å². The van der Waals surface area contributed by atoms with Crippen LogP contribution in [0.2, 0.25) is 5.02 Å². The minimum absolute atomic E-state index is 0.362. The van der Waals surface area contributed by atoms with Gasteiger partial charge in [-0.15, -0.1) is 0 Å². The summed E-state index contributed by atoms with van der Waals surface area (Å²) < 4.78 is 11.3. The van der Waals surface area contributed by atoms with Crippen LogP contribution in [0.15, 0.2) is 10.5 Å². The van der Waals surface area contributed by atoms with Crippen LogP contribution in [-0.4, -0.2) is 20.8 Å². The number of ether oxygens (including phenoxy) is 2. The molecule has 1 aromatic carbocycles. The summed E-state index contributed by atoms with van der Waals surface area (Å²) in [6, 6.07) is 1.76. The smallest absolute Gasteiger partial charge is 0.175 e. The van der Waals surface area contributed by atoms with Crippen molar-refractivity contribution >= 4 is 27.5 Å². The zero-order valence-electron chi connectivity index (χ0n) is 9.05. The van der Waals surface area contributed by atoms with Crippen LogP contribution in [0, 0.1) is 0 Å². The summed E-state index contributed by atoms with van der Waals surface area (Å²) in [5.41, 5.74) is 0.815. The molecule has 0 atom stereocenters. The Morgan fingerprint density at radius 1 is 1.31 bits per heavy atom. The van der Waals surface area contributed by atoms with Gasteiger partial charge in [0.1, 0.15) is 0 Å². The monoisotopic (exact) mass is 309 g/mol. The standard InChI is InChI=1S/C10H13BrClNO3/c1-14-9-6(3-4-16-13)8(12)5-7(11)10(9)15-2/h5H,3-4,13H2,1-2H3. The predicted octanol–water partition coefficient (Wildman–Crippen LogP) is 2.55. The van der Waals surface area contributed by atoms with Gasteiger partial charge < -0.3 is 14.3 Å². The second-order valence-corrected chi connectivity index (χ2v) is 4.27. The average molecular weight is 311 g/mol. The van der Waals surface area contributed by atoms with Crippen LogP contribution in [0.1, 0.15) is 5.56 Å². The van der Waals surface area contributed by atoms with Gasteiger partial charge in [-0.3, -0.25) is 0 Å². The molecule has 0 saturated heterocycles. The fourth-order valence-electron chi connectivity index (χ4n) is 1.42. The highest BCUT2D eigenvalue weighted by molar-refractivity contribution is 9.10. The van der Waals surface area contributed by atoms with Gasteiger partial charge in [0.05, 0.1) is 25.3 Å². The highest BCUT2D eigenvalue weighted by Crippen LogP contribution is 2.42. The third-order valence-electron chi connectivity index (χ3n) is 2.12. The number of nitrogens with two attached hydrogens (primary N) is 1. The first-order valence-electron chi connectivity index (χ1n) is 4.56. The molecule has 6 heteroatoms. The summed E-state index contributed by atoms with van der Waals surface area (Å²) in [6.07, 6.45) is 0.558. The Hall–Kier alpha value is -0.490. The molecule has 0 heterocycles. The summed E-state index contributed by atoms with van der Waals surface area (Å²) in [5, 5.41) is 0.585. The van der Waals surface area contributed by atoms with E-state index >= 15 is 0 Å². The number of hydrogen-bond donors (Lipinski definition) is 1. The maximum atomic E-state index is 6.12. The highest BCUT2D eigenvalue weighted by atomic mass is 79.9. The minimum Gasteiger partial charge on any atom is -0.492 e. The molecule has 0 fully saturated rings. The van der Waals surface area contributed by atoms with Gasteiger partial charge in [0, 0.05) is 17.0 Å². The molecule has 1 rings (SSSR count). The van der Waals surface area contributed by atoms with Gasteiger partial charge >= 0.3 is 0 Å². The van der Waals surface area contributed by atoms with Crippen molar-refractivity contribution in [2.24, 2.45) is 5.90 Å². The highest BCUT2D eigenvalue weighted by Gasteiger charge is 2.17. The van der Waals surface area contributed by atoms with Crippen LogP contribution >= 0.6 is 27.5 Å². The summed E-state index contributed by atoms with van der Waals surface area (Å²) in [4.78, 5) is 4.54. The Kier molecular flexibility index (Phi) is 5.34. The molecule has 16 heavy (non-hydrogen) atoms. The molecule has 0 unspecified atom stereocenters. The summed E-state index contributed by atoms with van der Waals surface area (Å²) in [7, 11) is 3.13. The topological polar surface area (TPSA) is 53.7 Å². The normalized spacial score (nSPS) is 10.3. The SMILES string of the molecule is COc1c(Br)cc(Cl)c(CCON)c1OC. The van der Waals surface area contributed by atoms with E-state index in [1.165, 1.54) is 0 Å². The Labute approximate surface area is 108 Å². The molecule has 2 N–H and O–H groups in total. The fraction of sp³-hybridized carbons (Fsp3) is 0.400. The first-order chi connectivity index (χ1) is 7.65. The maximum absolute atomic E-state index is 6.12. The Bertz CT molecular complexity index is 374. The van der Waals surface area contributed by atoms with Crippen molar-refractivity contribution in [1.29, 1.82) is 0 Å². The molecule has 90 valence electrons. The van der Waals surface area contributed by atoms with Crippen molar-refractivity contribution in [2.45, 2.75) is 6.42 Å². The molecule has 1 aromatic rings. The van der Waals surface area contributed by atoms with Crippen molar-refractivity contribution in [2.75, 3.05) is 20.8 Å². The Balaban J connectivity index is 3.22. The van der Waals surface area contributed by atoms with Gasteiger partial charge in [-0.1, -0.05) is 11.6 Å². The van der Waals surface area contributed by atoms with Crippen LogP contribution < -0.4 is 15.4 Å². The summed E-state index contributed by atoms with van der Waals surface area (Å²) >= 11 is 9.47. The van der Waals surface area contributed by atoms with Crippen LogP contribution in [0.4, 0.5) is 0 Å². The first-order valence-corrected chi connectivity index (χ1v) is 5.73. The number of methoxy groups -OCH3 is 2. The van der Waals surface area contributed by atoms with E-state index < -0.39 is 0 Å². The molecular weight excluding hydrogens is 297 g/mol. The summed E-state index contributed by atoms with van der Waals surface area (Å²) in [5.74, 6) is 6.20. The van der Waals surface area contributed by atoms with Crippen molar-refractivity contribution in [3.05, 3.63) is 21.1 Å². The molecule has 0 aliphatic heterocycles. The van der Waals surface area contributed by atoms with Crippen LogP contribution in [-0.2, 0) is 11.3 Å². The second kappa shape index (κ2) is 6.30. The van der Waals surface area contributed by atoms with E-state index in [0.717, 1.165) is 10.0 Å². The largest absolute Gasteiger partial charge is 0.492 e. The van der Waals surface area contributed by atoms with E-state index in [2.05, 4.69) is 20.8 Å². The van der Waals surface area contributed by atoms with Crippen molar-refractivity contribution < 1.29 is 14.3 Å². The third kappa shape index (κ3) is 2.79. The number of rotatable bonds is 5. The number of hydrogen-bond acceptors (Lipinski definition) is 4. The molecule has 0 aliphatic rings. The van der Waals surface area contributed by atoms with Crippen LogP contribution in [0.25, 0.3) is 0 Å². The zero-order chi connectivity index (χ0) is 12.1. The Morgan fingerprint density at radius 3 is 2.44 bits per heavy atom. The molecule has 0 radical (unpaired) electrons. The summed E-state index contributed by atoms with van der Waals surface area (Å²) in [6.45, 7) is 0.362. The maximum Gasteiger partial charge on any atom is 0.175 e. The molecule has 4 nitrogen and oxygen atoms in total. The fourth-order valence-corrected chi connectivity index (χ4v) is 2.41. The molecular formula is C10H13BrClNO3. The number of benzene rings is 1. The predicted molar refractivity (Wildman–Crippen MR) is 66.1 cm³/mol. The zero-order valence-corrected chi connectivity index (χ0v) is 11.4. The van der Waals surface area contributed by atoms with Crippen LogP contribution in [0.5, 0.6) is 11.5 Å². The van der Waals surface area contributed by atoms with Gasteiger partial charge in [-0.25, -0.2) is 5.90 Å². The lowest BCUT2D eigenvalue weighted by Gasteiger charge is -2.15. The average Bonchev–Trinajstić information content (AvgIpc) is 2.27. The minimum atomic E-state index is 0.362. The molecule has 0 aliphatic carbocycles. The van der Waals surface area contributed by atoms with E-state index in [1.54, 1.807) is 20.3 Å². The second-order valence-electron chi connectivity index (χ2n) is 3.01. The lowest BCUT2D eigenvalue weighted by Crippen LogP contribution is -2.06. The quantitative estimate of drug-likeness (QED) is 0.849. The molecule has 0 spiro atoms. The Morgan fingerprint density at radius 2 is 1.94 bits per heavy atom. The van der Waals surface area contributed by atoms with E-state index in [-0.39, 0.29) is 0 Å². The van der Waals surface area contributed by atoms with E-state index in [0.29, 0.717) is 29.5 Å². The number of halogens is 2. The van der Waals surface area contributed by atoms with E-state index in [9.17, 15) is 0 Å². The molecule has 0 amide bonds. The van der Waals surface area contributed by atoms with Crippen molar-refractivity contribution in [3.63, 3.8) is 0 Å². The molecule has 0 bridgehead atoms. The van der Waals surface area contributed by atoms with Gasteiger partial charge in [-0.05, 0) is 22.0 Å². The van der Waals surface area contributed by atoms with Gasteiger partial charge in [0.2, 0.25) is 0 Å².